The quantitative estimate of drug-likeness (QED) is 0.832. The van der Waals surface area contributed by atoms with E-state index in [0.717, 1.165) is 23.0 Å². The maximum Gasteiger partial charge on any atom is 0.256 e. The summed E-state index contributed by atoms with van der Waals surface area (Å²) in [5.41, 5.74) is 1.91. The van der Waals surface area contributed by atoms with Crippen molar-refractivity contribution in [1.29, 1.82) is 0 Å². The van der Waals surface area contributed by atoms with Crippen molar-refractivity contribution in [1.82, 2.24) is 0 Å². The molecule has 6 heteroatoms. The van der Waals surface area contributed by atoms with Crippen molar-refractivity contribution in [3.8, 4) is 5.75 Å². The molecule has 1 aliphatic rings. The molecule has 1 N–H and O–H groups in total. The topological polar surface area (TPSA) is 58.6 Å². The van der Waals surface area contributed by atoms with Gasteiger partial charge < -0.3 is 15.0 Å². The summed E-state index contributed by atoms with van der Waals surface area (Å²) >= 11 is 3.38. The molecule has 0 aromatic heterocycles. The molecule has 5 nitrogen and oxygen atoms in total. The smallest absolute Gasteiger partial charge is 0.256 e. The molecule has 3 rings (SSSR count). The van der Waals surface area contributed by atoms with Gasteiger partial charge in [0.25, 0.3) is 5.91 Å². The van der Waals surface area contributed by atoms with Gasteiger partial charge in [0, 0.05) is 29.2 Å². The van der Waals surface area contributed by atoms with Gasteiger partial charge in [-0.15, -0.1) is 0 Å². The summed E-state index contributed by atoms with van der Waals surface area (Å²) < 4.78 is 6.18. The number of ether oxygens (including phenoxy) is 1. The van der Waals surface area contributed by atoms with Crippen LogP contribution in [0.1, 0.15) is 29.6 Å². The van der Waals surface area contributed by atoms with Gasteiger partial charge in [-0.05, 0) is 53.0 Å². The maximum absolute atomic E-state index is 12.4. The minimum absolute atomic E-state index is 0.106. The van der Waals surface area contributed by atoms with Crippen LogP contribution in [0.4, 0.5) is 11.4 Å². The molecule has 2 amide bonds. The fourth-order valence-corrected chi connectivity index (χ4v) is 3.35. The van der Waals surface area contributed by atoms with Crippen LogP contribution in [0.15, 0.2) is 46.9 Å². The van der Waals surface area contributed by atoms with Crippen molar-refractivity contribution >= 4 is 39.1 Å². The number of halogens is 1. The molecule has 1 saturated heterocycles. The molecule has 0 saturated carbocycles. The van der Waals surface area contributed by atoms with E-state index >= 15 is 0 Å². The minimum Gasteiger partial charge on any atom is -0.494 e. The molecule has 0 unspecified atom stereocenters. The van der Waals surface area contributed by atoms with Crippen molar-refractivity contribution in [2.45, 2.75) is 19.3 Å². The number of benzene rings is 2. The van der Waals surface area contributed by atoms with Crippen LogP contribution in [-0.4, -0.2) is 25.5 Å². The molecule has 0 spiro atoms. The van der Waals surface area contributed by atoms with Crippen LogP contribution >= 0.6 is 15.9 Å². The third-order valence-corrected chi connectivity index (χ3v) is 4.86. The summed E-state index contributed by atoms with van der Waals surface area (Å²) in [6, 6.07) is 12.6. The second-order valence-corrected chi connectivity index (χ2v) is 6.68. The van der Waals surface area contributed by atoms with Gasteiger partial charge in [0.2, 0.25) is 5.91 Å². The third kappa shape index (κ3) is 3.85. The molecule has 0 atom stereocenters. The van der Waals surface area contributed by atoms with Crippen molar-refractivity contribution < 1.29 is 14.3 Å². The Bertz CT molecular complexity index is 807. The number of hydrogen-bond acceptors (Lipinski definition) is 3. The van der Waals surface area contributed by atoms with Crippen LogP contribution in [0.25, 0.3) is 0 Å². The number of piperidine rings is 1. The van der Waals surface area contributed by atoms with E-state index in [0.29, 0.717) is 30.0 Å². The van der Waals surface area contributed by atoms with E-state index < -0.39 is 0 Å². The Kier molecular flexibility index (Phi) is 5.38. The number of anilines is 2. The highest BCUT2D eigenvalue weighted by atomic mass is 79.9. The summed E-state index contributed by atoms with van der Waals surface area (Å²) in [5, 5.41) is 2.86. The fraction of sp³-hybridized carbons (Fsp3) is 0.263. The lowest BCUT2D eigenvalue weighted by molar-refractivity contribution is -0.119. The van der Waals surface area contributed by atoms with Crippen molar-refractivity contribution in [2.75, 3.05) is 23.9 Å². The van der Waals surface area contributed by atoms with E-state index in [-0.39, 0.29) is 11.8 Å². The van der Waals surface area contributed by atoms with Crippen LogP contribution in [0.5, 0.6) is 5.75 Å². The molecular weight excluding hydrogens is 384 g/mol. The largest absolute Gasteiger partial charge is 0.494 e. The van der Waals surface area contributed by atoms with Gasteiger partial charge in [0.15, 0.2) is 0 Å². The van der Waals surface area contributed by atoms with Crippen molar-refractivity contribution in [3.05, 3.63) is 52.5 Å². The number of hydrogen-bond donors (Lipinski definition) is 1. The van der Waals surface area contributed by atoms with Crippen LogP contribution in [0.2, 0.25) is 0 Å². The highest BCUT2D eigenvalue weighted by molar-refractivity contribution is 9.10. The number of nitrogens with zero attached hydrogens (tertiary/aromatic N) is 1. The van der Waals surface area contributed by atoms with Crippen LogP contribution < -0.4 is 15.0 Å². The summed E-state index contributed by atoms with van der Waals surface area (Å²) in [6.07, 6.45) is 2.47. The van der Waals surface area contributed by atoms with Gasteiger partial charge in [-0.25, -0.2) is 0 Å². The summed E-state index contributed by atoms with van der Waals surface area (Å²) in [6.45, 7) is 0.692. The lowest BCUT2D eigenvalue weighted by Gasteiger charge is -2.28. The Balaban J connectivity index is 1.83. The van der Waals surface area contributed by atoms with Crippen LogP contribution in [-0.2, 0) is 4.79 Å². The molecule has 1 fully saturated rings. The van der Waals surface area contributed by atoms with E-state index in [4.69, 9.17) is 4.74 Å². The number of rotatable bonds is 4. The normalized spacial score (nSPS) is 14.3. The van der Waals surface area contributed by atoms with E-state index in [1.165, 1.54) is 0 Å². The van der Waals surface area contributed by atoms with Crippen LogP contribution in [0, 0.1) is 0 Å². The number of methoxy groups -OCH3 is 1. The minimum atomic E-state index is -0.212. The predicted molar refractivity (Wildman–Crippen MR) is 101 cm³/mol. The standard InChI is InChI=1S/C19H19BrN2O3/c1-25-17-12-13(21-19(24)14-6-2-3-7-15(14)20)9-10-16(17)22-11-5-4-8-18(22)23/h2-3,6-7,9-10,12H,4-5,8,11H2,1H3,(H,21,24). The molecule has 2 aromatic rings. The van der Waals surface area contributed by atoms with E-state index in [9.17, 15) is 9.59 Å². The molecule has 0 aliphatic carbocycles. The zero-order valence-corrected chi connectivity index (χ0v) is 15.5. The lowest BCUT2D eigenvalue weighted by atomic mass is 10.1. The van der Waals surface area contributed by atoms with Gasteiger partial charge >= 0.3 is 0 Å². The van der Waals surface area contributed by atoms with Crippen LogP contribution in [0.3, 0.4) is 0 Å². The average molecular weight is 403 g/mol. The summed E-state index contributed by atoms with van der Waals surface area (Å²) in [4.78, 5) is 26.3. The zero-order valence-electron chi connectivity index (χ0n) is 13.9. The highest BCUT2D eigenvalue weighted by Crippen LogP contribution is 2.33. The molecule has 0 bridgehead atoms. The number of amides is 2. The van der Waals surface area contributed by atoms with E-state index in [2.05, 4.69) is 21.2 Å². The maximum atomic E-state index is 12.4. The molecule has 1 heterocycles. The number of nitrogens with one attached hydrogen (secondary N) is 1. The molecule has 2 aromatic carbocycles. The average Bonchev–Trinajstić information content (AvgIpc) is 2.62. The monoisotopic (exact) mass is 402 g/mol. The summed E-state index contributed by atoms with van der Waals surface area (Å²) in [5.74, 6) is 0.464. The number of carbonyl (C=O) groups is 2. The Labute approximate surface area is 155 Å². The van der Waals surface area contributed by atoms with Crippen molar-refractivity contribution in [2.24, 2.45) is 0 Å². The lowest BCUT2D eigenvalue weighted by Crippen LogP contribution is -2.35. The van der Waals surface area contributed by atoms with Gasteiger partial charge in [0.05, 0.1) is 18.4 Å². The SMILES string of the molecule is COc1cc(NC(=O)c2ccccc2Br)ccc1N1CCCCC1=O. The van der Waals surface area contributed by atoms with Gasteiger partial charge in [-0.1, -0.05) is 12.1 Å². The molecule has 1 aliphatic heterocycles. The van der Waals surface area contributed by atoms with E-state index in [1.807, 2.05) is 24.3 Å². The Morgan fingerprint density at radius 3 is 2.72 bits per heavy atom. The first-order valence-electron chi connectivity index (χ1n) is 8.14. The first-order chi connectivity index (χ1) is 12.1. The molecule has 25 heavy (non-hydrogen) atoms. The Hall–Kier alpha value is -2.34. The Morgan fingerprint density at radius 1 is 1.20 bits per heavy atom. The Morgan fingerprint density at radius 2 is 2.00 bits per heavy atom. The van der Waals surface area contributed by atoms with Gasteiger partial charge in [-0.3, -0.25) is 9.59 Å². The second-order valence-electron chi connectivity index (χ2n) is 5.82. The zero-order chi connectivity index (χ0) is 17.8. The highest BCUT2D eigenvalue weighted by Gasteiger charge is 2.23. The predicted octanol–water partition coefficient (Wildman–Crippen LogP) is 4.23. The summed E-state index contributed by atoms with van der Waals surface area (Å²) in [7, 11) is 1.56. The third-order valence-electron chi connectivity index (χ3n) is 4.17. The molecule has 130 valence electrons. The first-order valence-corrected chi connectivity index (χ1v) is 8.93. The molecule has 0 radical (unpaired) electrons. The van der Waals surface area contributed by atoms with E-state index in [1.54, 1.807) is 30.2 Å². The van der Waals surface area contributed by atoms with Crippen molar-refractivity contribution in [3.63, 3.8) is 0 Å². The van der Waals surface area contributed by atoms with Gasteiger partial charge in [-0.2, -0.15) is 0 Å². The molecular formula is C19H19BrN2O3. The fourth-order valence-electron chi connectivity index (χ4n) is 2.88. The first kappa shape index (κ1) is 17.5. The number of carbonyl (C=O) groups excluding carboxylic acids is 2. The second kappa shape index (κ2) is 7.70. The van der Waals surface area contributed by atoms with Gasteiger partial charge in [0.1, 0.15) is 5.75 Å².